The van der Waals surface area contributed by atoms with Crippen LogP contribution in [0.15, 0.2) is 48.0 Å². The predicted octanol–water partition coefficient (Wildman–Crippen LogP) is 4.26. The van der Waals surface area contributed by atoms with E-state index in [1.807, 2.05) is 30.3 Å². The Hall–Kier alpha value is -2.68. The first-order chi connectivity index (χ1) is 13.5. The molecule has 1 saturated heterocycles. The number of halogens is 2. The average Bonchev–Trinajstić information content (AvgIpc) is 2.74. The maximum Gasteiger partial charge on any atom is 0.264 e. The zero-order chi connectivity index (χ0) is 20.1. The summed E-state index contributed by atoms with van der Waals surface area (Å²) in [6.45, 7) is 2.45. The second-order valence-electron chi connectivity index (χ2n) is 6.29. The van der Waals surface area contributed by atoms with Gasteiger partial charge >= 0.3 is 0 Å². The van der Waals surface area contributed by atoms with Crippen molar-refractivity contribution in [1.82, 2.24) is 4.90 Å². The summed E-state index contributed by atoms with van der Waals surface area (Å²) in [5.41, 5.74) is 1.67. The summed E-state index contributed by atoms with van der Waals surface area (Å²) in [5, 5.41) is 10.2. The van der Waals surface area contributed by atoms with Crippen molar-refractivity contribution in [2.75, 3.05) is 38.2 Å². The van der Waals surface area contributed by atoms with E-state index in [0.29, 0.717) is 41.8 Å². The lowest BCUT2D eigenvalue weighted by Crippen LogP contribution is -2.49. The number of benzene rings is 2. The molecule has 1 fully saturated rings. The summed E-state index contributed by atoms with van der Waals surface area (Å²) < 4.78 is 5.18. The summed E-state index contributed by atoms with van der Waals surface area (Å²) >= 11 is 12.2. The summed E-state index contributed by atoms with van der Waals surface area (Å²) in [6.07, 6.45) is 1.49. The van der Waals surface area contributed by atoms with Gasteiger partial charge in [-0.05, 0) is 42.0 Å². The summed E-state index contributed by atoms with van der Waals surface area (Å²) in [6, 6.07) is 14.9. The molecule has 5 nitrogen and oxygen atoms in total. The lowest BCUT2D eigenvalue weighted by atomic mass is 10.1. The highest BCUT2D eigenvalue weighted by Gasteiger charge is 2.24. The van der Waals surface area contributed by atoms with Gasteiger partial charge in [0, 0.05) is 31.9 Å². The third-order valence-electron chi connectivity index (χ3n) is 4.64. The van der Waals surface area contributed by atoms with Gasteiger partial charge in [0.25, 0.3) is 5.91 Å². The van der Waals surface area contributed by atoms with Gasteiger partial charge in [0.1, 0.15) is 17.4 Å². The van der Waals surface area contributed by atoms with Gasteiger partial charge < -0.3 is 14.5 Å². The van der Waals surface area contributed by atoms with Gasteiger partial charge in [-0.25, -0.2) is 0 Å². The molecular weight excluding hydrogens is 397 g/mol. The van der Waals surface area contributed by atoms with E-state index in [-0.39, 0.29) is 11.5 Å². The van der Waals surface area contributed by atoms with E-state index < -0.39 is 0 Å². The maximum atomic E-state index is 12.8. The van der Waals surface area contributed by atoms with Crippen LogP contribution in [0.5, 0.6) is 5.75 Å². The van der Waals surface area contributed by atoms with Gasteiger partial charge in [-0.1, -0.05) is 35.3 Å². The number of ether oxygens (including phenoxy) is 1. The molecule has 1 heterocycles. The molecule has 144 valence electrons. The van der Waals surface area contributed by atoms with E-state index in [1.165, 1.54) is 6.08 Å². The summed E-state index contributed by atoms with van der Waals surface area (Å²) in [5.74, 6) is 0.508. The number of hydrogen-bond acceptors (Lipinski definition) is 4. The second kappa shape index (κ2) is 9.01. The highest BCUT2D eigenvalue weighted by Crippen LogP contribution is 2.27. The minimum atomic E-state index is -0.298. The van der Waals surface area contributed by atoms with Crippen LogP contribution in [-0.4, -0.2) is 44.1 Å². The average molecular weight is 416 g/mol. The van der Waals surface area contributed by atoms with Crippen LogP contribution in [0.3, 0.4) is 0 Å². The first kappa shape index (κ1) is 20.1. The molecule has 1 amide bonds. The fraction of sp³-hybridized carbons (Fsp3) is 0.238. The van der Waals surface area contributed by atoms with Crippen molar-refractivity contribution >= 4 is 40.9 Å². The first-order valence-corrected chi connectivity index (χ1v) is 9.53. The first-order valence-electron chi connectivity index (χ1n) is 8.77. The van der Waals surface area contributed by atoms with Crippen LogP contribution in [0.2, 0.25) is 10.0 Å². The number of nitrogens with zero attached hydrogens (tertiary/aromatic N) is 3. The van der Waals surface area contributed by atoms with Crippen LogP contribution in [0, 0.1) is 11.3 Å². The van der Waals surface area contributed by atoms with Crippen LogP contribution in [-0.2, 0) is 4.79 Å². The highest BCUT2D eigenvalue weighted by molar-refractivity contribution is 6.43. The van der Waals surface area contributed by atoms with Crippen molar-refractivity contribution in [3.05, 3.63) is 63.6 Å². The molecule has 0 aromatic heterocycles. The molecule has 0 saturated carbocycles. The van der Waals surface area contributed by atoms with E-state index in [4.69, 9.17) is 27.9 Å². The van der Waals surface area contributed by atoms with Gasteiger partial charge in [0.05, 0.1) is 17.2 Å². The molecule has 0 unspecified atom stereocenters. The van der Waals surface area contributed by atoms with Gasteiger partial charge in [-0.15, -0.1) is 0 Å². The van der Waals surface area contributed by atoms with E-state index >= 15 is 0 Å². The van der Waals surface area contributed by atoms with Crippen molar-refractivity contribution in [2.45, 2.75) is 0 Å². The number of amides is 1. The van der Waals surface area contributed by atoms with Gasteiger partial charge in [-0.3, -0.25) is 4.79 Å². The molecule has 0 N–H and O–H groups in total. The van der Waals surface area contributed by atoms with Crippen molar-refractivity contribution in [3.63, 3.8) is 0 Å². The van der Waals surface area contributed by atoms with Gasteiger partial charge in [0.15, 0.2) is 0 Å². The number of methoxy groups -OCH3 is 1. The molecule has 0 aliphatic carbocycles. The largest absolute Gasteiger partial charge is 0.497 e. The normalized spacial score (nSPS) is 14.6. The number of piperazine rings is 1. The minimum Gasteiger partial charge on any atom is -0.497 e. The highest BCUT2D eigenvalue weighted by atomic mass is 35.5. The fourth-order valence-corrected chi connectivity index (χ4v) is 3.42. The molecule has 2 aromatic rings. The quantitative estimate of drug-likeness (QED) is 0.552. The molecule has 1 aliphatic heterocycles. The molecule has 1 aliphatic rings. The van der Waals surface area contributed by atoms with E-state index in [1.54, 1.807) is 30.2 Å². The molecule has 0 spiro atoms. The number of hydrogen-bond donors (Lipinski definition) is 0. The van der Waals surface area contributed by atoms with E-state index in [0.717, 1.165) is 11.4 Å². The maximum absolute atomic E-state index is 12.8. The zero-order valence-electron chi connectivity index (χ0n) is 15.4. The number of carbonyl (C=O) groups excluding carboxylic acids is 1. The monoisotopic (exact) mass is 415 g/mol. The smallest absolute Gasteiger partial charge is 0.264 e. The molecule has 7 heteroatoms. The van der Waals surface area contributed by atoms with Crippen LogP contribution < -0.4 is 9.64 Å². The van der Waals surface area contributed by atoms with E-state index in [2.05, 4.69) is 4.90 Å². The van der Waals surface area contributed by atoms with Crippen LogP contribution >= 0.6 is 23.2 Å². The van der Waals surface area contributed by atoms with E-state index in [9.17, 15) is 10.1 Å². The Bertz CT molecular complexity index is 928. The molecule has 28 heavy (non-hydrogen) atoms. The summed E-state index contributed by atoms with van der Waals surface area (Å²) in [4.78, 5) is 16.7. The van der Waals surface area contributed by atoms with Gasteiger partial charge in [-0.2, -0.15) is 5.26 Å². The Labute approximate surface area is 174 Å². The lowest BCUT2D eigenvalue weighted by molar-refractivity contribution is -0.126. The summed E-state index contributed by atoms with van der Waals surface area (Å²) in [7, 11) is 1.64. The predicted molar refractivity (Wildman–Crippen MR) is 112 cm³/mol. The van der Waals surface area contributed by atoms with Gasteiger partial charge in [0.2, 0.25) is 0 Å². The Morgan fingerprint density at radius 1 is 1.11 bits per heavy atom. The molecule has 0 atom stereocenters. The Balaban J connectivity index is 1.68. The molecule has 3 rings (SSSR count). The van der Waals surface area contributed by atoms with Crippen molar-refractivity contribution in [3.8, 4) is 11.8 Å². The minimum absolute atomic E-state index is 0.0436. The Morgan fingerprint density at radius 3 is 2.39 bits per heavy atom. The van der Waals surface area contributed by atoms with Crippen LogP contribution in [0.1, 0.15) is 5.56 Å². The number of nitriles is 1. The molecular formula is C21H19Cl2N3O2. The SMILES string of the molecule is COc1ccc(N2CCN(C(=O)/C(C#N)=C/c3cccc(Cl)c3Cl)CC2)cc1. The zero-order valence-corrected chi connectivity index (χ0v) is 16.9. The Kier molecular flexibility index (Phi) is 6.45. The third-order valence-corrected chi connectivity index (χ3v) is 5.47. The van der Waals surface area contributed by atoms with Crippen molar-refractivity contribution in [1.29, 1.82) is 5.26 Å². The number of rotatable bonds is 4. The lowest BCUT2D eigenvalue weighted by Gasteiger charge is -2.36. The molecule has 2 aromatic carbocycles. The van der Waals surface area contributed by atoms with Crippen LogP contribution in [0.4, 0.5) is 5.69 Å². The number of carbonyl (C=O) groups is 1. The Morgan fingerprint density at radius 2 is 1.79 bits per heavy atom. The standard InChI is InChI=1S/C21H19Cl2N3O2/c1-28-18-7-5-17(6-8-18)25-9-11-26(12-10-25)21(27)16(14-24)13-15-3-2-4-19(22)20(15)23/h2-8,13H,9-12H2,1H3/b16-13+. The molecule has 0 bridgehead atoms. The van der Waals surface area contributed by atoms with Crippen molar-refractivity contribution in [2.24, 2.45) is 0 Å². The topological polar surface area (TPSA) is 56.6 Å². The molecule has 0 radical (unpaired) electrons. The van der Waals surface area contributed by atoms with Crippen molar-refractivity contribution < 1.29 is 9.53 Å². The second-order valence-corrected chi connectivity index (χ2v) is 7.08. The fourth-order valence-electron chi connectivity index (χ4n) is 3.06. The number of anilines is 1. The van der Waals surface area contributed by atoms with Crippen LogP contribution in [0.25, 0.3) is 6.08 Å². The third kappa shape index (κ3) is 4.41.